The zero-order chi connectivity index (χ0) is 20.4. The Balaban J connectivity index is 2.08. The smallest absolute Gasteiger partial charge is 0.276 e. The number of hydrogen-bond acceptors (Lipinski definition) is 6. The molecule has 0 aliphatic carbocycles. The minimum absolute atomic E-state index is 0.0973. The number of nitrogens with zero attached hydrogens (tertiary/aromatic N) is 1. The lowest BCUT2D eigenvalue weighted by atomic mass is 10.2. The van der Waals surface area contributed by atoms with Crippen LogP contribution in [0, 0.1) is 0 Å². The number of sulfonamides is 1. The first kappa shape index (κ1) is 21.6. The van der Waals surface area contributed by atoms with Gasteiger partial charge in [-0.05, 0) is 61.4 Å². The van der Waals surface area contributed by atoms with Gasteiger partial charge in [0.2, 0.25) is 0 Å². The maximum Gasteiger partial charge on any atom is 0.276 e. The Morgan fingerprint density at radius 2 is 1.79 bits per heavy atom. The predicted molar refractivity (Wildman–Crippen MR) is 109 cm³/mol. The zero-order valence-electron chi connectivity index (χ0n) is 16.3. The summed E-state index contributed by atoms with van der Waals surface area (Å²) in [5.41, 5.74) is 0.684. The van der Waals surface area contributed by atoms with Crippen molar-refractivity contribution >= 4 is 16.2 Å². The molecule has 0 saturated carbocycles. The van der Waals surface area contributed by atoms with Crippen molar-refractivity contribution in [2.75, 3.05) is 20.3 Å². The van der Waals surface area contributed by atoms with E-state index in [0.717, 1.165) is 12.8 Å². The van der Waals surface area contributed by atoms with E-state index >= 15 is 0 Å². The van der Waals surface area contributed by atoms with Gasteiger partial charge < -0.3 is 14.2 Å². The molecule has 0 unspecified atom stereocenters. The zero-order valence-corrected chi connectivity index (χ0v) is 17.2. The fraction of sp³-hybridized carbons (Fsp3) is 0.350. The molecule has 152 valence electrons. The molecule has 0 atom stereocenters. The normalized spacial score (nSPS) is 11.4. The molecule has 0 aliphatic heterocycles. The number of ether oxygens (including phenoxy) is 3. The number of rotatable bonds is 11. The minimum atomic E-state index is -3.76. The van der Waals surface area contributed by atoms with Crippen molar-refractivity contribution in [2.45, 2.75) is 31.6 Å². The van der Waals surface area contributed by atoms with Gasteiger partial charge in [0.05, 0.1) is 31.4 Å². The Bertz CT molecular complexity index is 880. The second kappa shape index (κ2) is 10.6. The van der Waals surface area contributed by atoms with Gasteiger partial charge in [0.25, 0.3) is 10.0 Å². The number of hydrogen-bond donors (Lipinski definition) is 1. The van der Waals surface area contributed by atoms with Crippen LogP contribution in [0.1, 0.15) is 32.3 Å². The third-order valence-corrected chi connectivity index (χ3v) is 5.02. The summed E-state index contributed by atoms with van der Waals surface area (Å²) in [6.45, 7) is 5.10. The lowest BCUT2D eigenvalue weighted by Crippen LogP contribution is -2.18. The molecule has 2 rings (SSSR count). The second-order valence-electron chi connectivity index (χ2n) is 5.87. The molecule has 8 heteroatoms. The van der Waals surface area contributed by atoms with Crippen molar-refractivity contribution in [1.82, 2.24) is 4.83 Å². The summed E-state index contributed by atoms with van der Waals surface area (Å²) in [6.07, 6.45) is 3.42. The molecule has 0 aromatic heterocycles. The van der Waals surface area contributed by atoms with Crippen LogP contribution in [0.4, 0.5) is 0 Å². The molecule has 1 N–H and O–H groups in total. The summed E-state index contributed by atoms with van der Waals surface area (Å²) in [5.74, 6) is 1.83. The molecule has 0 heterocycles. The Morgan fingerprint density at radius 1 is 1.04 bits per heavy atom. The number of methoxy groups -OCH3 is 1. The van der Waals surface area contributed by atoms with Crippen LogP contribution in [0.5, 0.6) is 17.2 Å². The van der Waals surface area contributed by atoms with Crippen molar-refractivity contribution < 1.29 is 22.6 Å². The molecule has 0 amide bonds. The SMILES string of the molecule is CCCCOc1ccc(/C=N/NS(=O)(=O)c2ccc(OC)cc2)cc1OCC. The highest BCUT2D eigenvalue weighted by Gasteiger charge is 2.12. The van der Waals surface area contributed by atoms with Crippen LogP contribution in [0.25, 0.3) is 0 Å². The molecular formula is C20H26N2O5S. The van der Waals surface area contributed by atoms with Gasteiger partial charge >= 0.3 is 0 Å². The van der Waals surface area contributed by atoms with Gasteiger partial charge in [-0.25, -0.2) is 4.83 Å². The van der Waals surface area contributed by atoms with E-state index < -0.39 is 10.0 Å². The Morgan fingerprint density at radius 3 is 2.43 bits per heavy atom. The molecule has 0 radical (unpaired) electrons. The fourth-order valence-electron chi connectivity index (χ4n) is 2.30. The molecule has 0 saturated heterocycles. The second-order valence-corrected chi connectivity index (χ2v) is 7.53. The van der Waals surface area contributed by atoms with E-state index in [1.54, 1.807) is 30.3 Å². The average Bonchev–Trinajstić information content (AvgIpc) is 2.70. The van der Waals surface area contributed by atoms with Gasteiger partial charge in [-0.15, -0.1) is 0 Å². The summed E-state index contributed by atoms with van der Waals surface area (Å²) in [4.78, 5) is 2.30. The van der Waals surface area contributed by atoms with Gasteiger partial charge in [-0.1, -0.05) is 13.3 Å². The van der Waals surface area contributed by atoms with Gasteiger partial charge in [0.15, 0.2) is 11.5 Å². The summed E-state index contributed by atoms with van der Waals surface area (Å²) in [6, 6.07) is 11.4. The molecule has 7 nitrogen and oxygen atoms in total. The quantitative estimate of drug-likeness (QED) is 0.350. The topological polar surface area (TPSA) is 86.2 Å². The van der Waals surface area contributed by atoms with Gasteiger partial charge in [-0.2, -0.15) is 13.5 Å². The molecular weight excluding hydrogens is 380 g/mol. The third kappa shape index (κ3) is 6.16. The monoisotopic (exact) mass is 406 g/mol. The lowest BCUT2D eigenvalue weighted by molar-refractivity contribution is 0.272. The van der Waals surface area contributed by atoms with Gasteiger partial charge in [0.1, 0.15) is 5.75 Å². The van der Waals surface area contributed by atoms with E-state index in [9.17, 15) is 8.42 Å². The molecule has 0 spiro atoms. The molecule has 0 fully saturated rings. The summed E-state index contributed by atoms with van der Waals surface area (Å²) < 4.78 is 40.9. The fourth-order valence-corrected chi connectivity index (χ4v) is 3.09. The van der Waals surface area contributed by atoms with Crippen LogP contribution in [0.15, 0.2) is 52.5 Å². The minimum Gasteiger partial charge on any atom is -0.497 e. The highest BCUT2D eigenvalue weighted by molar-refractivity contribution is 7.89. The standard InChI is InChI=1S/C20H26N2O5S/c1-4-6-13-27-19-12-7-16(14-20(19)26-5-2)15-21-22-28(23,24)18-10-8-17(25-3)9-11-18/h7-12,14-15,22H,4-6,13H2,1-3H3/b21-15+. The van der Waals surface area contributed by atoms with Crippen LogP contribution in [0.2, 0.25) is 0 Å². The van der Waals surface area contributed by atoms with E-state index in [1.165, 1.54) is 25.5 Å². The van der Waals surface area contributed by atoms with Crippen LogP contribution >= 0.6 is 0 Å². The first-order valence-electron chi connectivity index (χ1n) is 9.08. The highest BCUT2D eigenvalue weighted by Crippen LogP contribution is 2.28. The number of hydrazone groups is 1. The van der Waals surface area contributed by atoms with Crippen LogP contribution in [0.3, 0.4) is 0 Å². The summed E-state index contributed by atoms with van der Waals surface area (Å²) in [7, 11) is -2.24. The van der Waals surface area contributed by atoms with Gasteiger partial charge in [0, 0.05) is 0 Å². The molecule has 2 aromatic carbocycles. The van der Waals surface area contributed by atoms with Crippen molar-refractivity contribution in [2.24, 2.45) is 5.10 Å². The first-order valence-corrected chi connectivity index (χ1v) is 10.6. The summed E-state index contributed by atoms with van der Waals surface area (Å²) in [5, 5.41) is 3.85. The lowest BCUT2D eigenvalue weighted by Gasteiger charge is -2.12. The third-order valence-electron chi connectivity index (χ3n) is 3.78. The van der Waals surface area contributed by atoms with E-state index in [-0.39, 0.29) is 4.90 Å². The predicted octanol–water partition coefficient (Wildman–Crippen LogP) is 3.59. The Labute approximate surface area is 166 Å². The van der Waals surface area contributed by atoms with Crippen molar-refractivity contribution in [3.05, 3.63) is 48.0 Å². The molecule has 2 aromatic rings. The van der Waals surface area contributed by atoms with E-state index in [0.29, 0.717) is 36.0 Å². The molecule has 0 bridgehead atoms. The summed E-state index contributed by atoms with van der Waals surface area (Å²) >= 11 is 0. The number of unbranched alkanes of at least 4 members (excludes halogenated alkanes) is 1. The first-order chi connectivity index (χ1) is 13.5. The average molecular weight is 407 g/mol. The van der Waals surface area contributed by atoms with E-state index in [2.05, 4.69) is 16.9 Å². The largest absolute Gasteiger partial charge is 0.497 e. The van der Waals surface area contributed by atoms with Gasteiger partial charge in [-0.3, -0.25) is 0 Å². The van der Waals surface area contributed by atoms with Crippen molar-refractivity contribution in [3.63, 3.8) is 0 Å². The van der Waals surface area contributed by atoms with Crippen molar-refractivity contribution in [3.8, 4) is 17.2 Å². The van der Waals surface area contributed by atoms with Crippen LogP contribution in [-0.2, 0) is 10.0 Å². The van der Waals surface area contributed by atoms with Crippen molar-refractivity contribution in [1.29, 1.82) is 0 Å². The number of nitrogens with one attached hydrogen (secondary N) is 1. The molecule has 0 aliphatic rings. The molecule has 28 heavy (non-hydrogen) atoms. The van der Waals surface area contributed by atoms with Crippen LogP contribution in [-0.4, -0.2) is 35.0 Å². The van der Waals surface area contributed by atoms with Crippen LogP contribution < -0.4 is 19.0 Å². The highest BCUT2D eigenvalue weighted by atomic mass is 32.2. The maximum atomic E-state index is 12.3. The van der Waals surface area contributed by atoms with E-state index in [1.807, 2.05) is 6.92 Å². The maximum absolute atomic E-state index is 12.3. The Kier molecular flexibility index (Phi) is 8.13. The Hall–Kier alpha value is -2.74. The number of benzene rings is 2. The van der Waals surface area contributed by atoms with E-state index in [4.69, 9.17) is 14.2 Å².